The lowest BCUT2D eigenvalue weighted by Gasteiger charge is -2.16. The number of halogens is 1. The van der Waals surface area contributed by atoms with E-state index in [-0.39, 0.29) is 17.1 Å². The van der Waals surface area contributed by atoms with Crippen LogP contribution in [0.4, 0.5) is 5.82 Å². The Labute approximate surface area is 149 Å². The second-order valence-electron chi connectivity index (χ2n) is 5.51. The Morgan fingerprint density at radius 1 is 1.36 bits per heavy atom. The van der Waals surface area contributed by atoms with Crippen LogP contribution in [0, 0.1) is 0 Å². The molecule has 0 atom stereocenters. The van der Waals surface area contributed by atoms with Crippen LogP contribution in [0.3, 0.4) is 0 Å². The smallest absolute Gasteiger partial charge is 0.343 e. The van der Waals surface area contributed by atoms with Gasteiger partial charge in [-0.05, 0) is 31.2 Å². The lowest BCUT2D eigenvalue weighted by Crippen LogP contribution is -2.22. The number of hydrogen-bond donors (Lipinski definition) is 1. The summed E-state index contributed by atoms with van der Waals surface area (Å²) in [7, 11) is 1.75. The van der Waals surface area contributed by atoms with Gasteiger partial charge in [0.15, 0.2) is 17.1 Å². The lowest BCUT2D eigenvalue weighted by atomic mass is 10.1. The summed E-state index contributed by atoms with van der Waals surface area (Å²) < 4.78 is 7.32. The fourth-order valence-corrected chi connectivity index (χ4v) is 2.73. The molecule has 0 fully saturated rings. The first-order valence-corrected chi connectivity index (χ1v) is 8.09. The Morgan fingerprint density at radius 3 is 2.72 bits per heavy atom. The molecule has 3 aromatic rings. The third-order valence-electron chi connectivity index (χ3n) is 3.88. The molecule has 2 heterocycles. The van der Waals surface area contributed by atoms with E-state index in [2.05, 4.69) is 10.1 Å². The van der Waals surface area contributed by atoms with E-state index in [1.54, 1.807) is 42.4 Å². The van der Waals surface area contributed by atoms with E-state index in [4.69, 9.17) is 16.1 Å². The Hall–Kier alpha value is -2.80. The molecule has 0 aliphatic carbocycles. The van der Waals surface area contributed by atoms with E-state index < -0.39 is 5.97 Å². The molecule has 7 nitrogen and oxygen atoms in total. The number of aryl methyl sites for hydroxylation is 1. The van der Waals surface area contributed by atoms with Gasteiger partial charge in [-0.15, -0.1) is 0 Å². The minimum atomic E-state index is -1.10. The van der Waals surface area contributed by atoms with Gasteiger partial charge in [-0.1, -0.05) is 16.8 Å². The average Bonchev–Trinajstić information content (AvgIpc) is 3.21. The van der Waals surface area contributed by atoms with Crippen LogP contribution < -0.4 is 4.90 Å². The van der Waals surface area contributed by atoms with Gasteiger partial charge in [0.25, 0.3) is 0 Å². The average molecular weight is 361 g/mol. The van der Waals surface area contributed by atoms with Crippen LogP contribution in [0.1, 0.15) is 23.1 Å². The first-order valence-electron chi connectivity index (χ1n) is 7.71. The van der Waals surface area contributed by atoms with Gasteiger partial charge in [0, 0.05) is 36.6 Å². The molecule has 1 N–H and O–H groups in total. The number of carboxylic acid groups (broad SMARTS) is 1. The minimum Gasteiger partial charge on any atom is -0.477 e. The molecule has 0 spiro atoms. The van der Waals surface area contributed by atoms with E-state index in [9.17, 15) is 9.90 Å². The maximum Gasteiger partial charge on any atom is 0.343 e. The number of carboxylic acids is 1. The Morgan fingerprint density at radius 2 is 2.08 bits per heavy atom. The molecule has 0 aliphatic heterocycles. The topological polar surface area (TPSA) is 84.4 Å². The number of anilines is 1. The molecule has 0 saturated heterocycles. The summed E-state index contributed by atoms with van der Waals surface area (Å²) in [5, 5.41) is 14.2. The van der Waals surface area contributed by atoms with Gasteiger partial charge in [-0.25, -0.2) is 9.78 Å². The standard InChI is InChI=1S/C17H17ClN4O3/c1-3-22-9-8-19-13(22)10-21(2)16-14(17(23)24)15(25-20-16)11-4-6-12(18)7-5-11/h4-9H,3,10H2,1-2H3,(H,23,24). The maximum absolute atomic E-state index is 11.8. The molecule has 0 aliphatic rings. The van der Waals surface area contributed by atoms with E-state index in [1.807, 2.05) is 17.7 Å². The Balaban J connectivity index is 1.96. The number of benzene rings is 1. The fourth-order valence-electron chi connectivity index (χ4n) is 2.60. The van der Waals surface area contributed by atoms with E-state index >= 15 is 0 Å². The zero-order valence-electron chi connectivity index (χ0n) is 13.8. The van der Waals surface area contributed by atoms with Crippen molar-refractivity contribution in [2.24, 2.45) is 0 Å². The number of aromatic nitrogens is 3. The molecule has 25 heavy (non-hydrogen) atoms. The van der Waals surface area contributed by atoms with Crippen molar-refractivity contribution in [3.8, 4) is 11.3 Å². The molecule has 0 bridgehead atoms. The van der Waals surface area contributed by atoms with Crippen molar-refractivity contribution in [2.75, 3.05) is 11.9 Å². The molecular weight excluding hydrogens is 344 g/mol. The highest BCUT2D eigenvalue weighted by Gasteiger charge is 2.26. The molecule has 0 amide bonds. The van der Waals surface area contributed by atoms with Crippen molar-refractivity contribution in [1.29, 1.82) is 0 Å². The monoisotopic (exact) mass is 360 g/mol. The number of carbonyl (C=O) groups is 1. The molecule has 0 unspecified atom stereocenters. The van der Waals surface area contributed by atoms with Gasteiger partial charge < -0.3 is 19.1 Å². The summed E-state index contributed by atoms with van der Waals surface area (Å²) in [6.45, 7) is 3.21. The van der Waals surface area contributed by atoms with Crippen molar-refractivity contribution in [1.82, 2.24) is 14.7 Å². The molecule has 0 saturated carbocycles. The van der Waals surface area contributed by atoms with Crippen molar-refractivity contribution in [3.05, 3.63) is 53.1 Å². The maximum atomic E-state index is 11.8. The molecule has 3 rings (SSSR count). The number of rotatable bonds is 6. The van der Waals surface area contributed by atoms with Gasteiger partial charge in [-0.3, -0.25) is 0 Å². The molecule has 1 aromatic carbocycles. The highest BCUT2D eigenvalue weighted by Crippen LogP contribution is 2.32. The molecule has 8 heteroatoms. The largest absolute Gasteiger partial charge is 0.477 e. The predicted octanol–water partition coefficient (Wildman–Crippen LogP) is 3.55. The van der Waals surface area contributed by atoms with E-state index in [0.29, 0.717) is 17.1 Å². The van der Waals surface area contributed by atoms with Gasteiger partial charge in [0.05, 0.1) is 6.54 Å². The fraction of sp³-hybridized carbons (Fsp3) is 0.235. The highest BCUT2D eigenvalue weighted by atomic mass is 35.5. The van der Waals surface area contributed by atoms with Crippen LogP contribution >= 0.6 is 11.6 Å². The van der Waals surface area contributed by atoms with Crippen LogP contribution in [0.2, 0.25) is 5.02 Å². The molecule has 2 aromatic heterocycles. The molecule has 0 radical (unpaired) electrons. The first kappa shape index (κ1) is 17.0. The second-order valence-corrected chi connectivity index (χ2v) is 5.94. The van der Waals surface area contributed by atoms with Crippen LogP contribution in [0.5, 0.6) is 0 Å². The van der Waals surface area contributed by atoms with Crippen molar-refractivity contribution in [3.63, 3.8) is 0 Å². The molecule has 130 valence electrons. The van der Waals surface area contributed by atoms with Crippen LogP contribution in [-0.2, 0) is 13.1 Å². The quantitative estimate of drug-likeness (QED) is 0.723. The van der Waals surface area contributed by atoms with E-state index in [1.165, 1.54) is 0 Å². The van der Waals surface area contributed by atoms with Gasteiger partial charge in [0.2, 0.25) is 0 Å². The summed E-state index contributed by atoms with van der Waals surface area (Å²) >= 11 is 5.89. The van der Waals surface area contributed by atoms with Crippen LogP contribution in [-0.4, -0.2) is 32.8 Å². The number of imidazole rings is 1. The highest BCUT2D eigenvalue weighted by molar-refractivity contribution is 6.30. The zero-order valence-corrected chi connectivity index (χ0v) is 14.6. The SMILES string of the molecule is CCn1ccnc1CN(C)c1noc(-c2ccc(Cl)cc2)c1C(=O)O. The van der Waals surface area contributed by atoms with Gasteiger partial charge >= 0.3 is 5.97 Å². The van der Waals surface area contributed by atoms with Crippen molar-refractivity contribution < 1.29 is 14.4 Å². The first-order chi connectivity index (χ1) is 12.0. The predicted molar refractivity (Wildman–Crippen MR) is 93.9 cm³/mol. The van der Waals surface area contributed by atoms with Crippen LogP contribution in [0.15, 0.2) is 41.2 Å². The van der Waals surface area contributed by atoms with Crippen molar-refractivity contribution in [2.45, 2.75) is 20.0 Å². The Kier molecular flexibility index (Phi) is 4.76. The zero-order chi connectivity index (χ0) is 18.0. The normalized spacial score (nSPS) is 10.8. The third kappa shape index (κ3) is 3.36. The summed E-state index contributed by atoms with van der Waals surface area (Å²) in [6.07, 6.45) is 3.59. The summed E-state index contributed by atoms with van der Waals surface area (Å²) in [6, 6.07) is 6.74. The van der Waals surface area contributed by atoms with E-state index in [0.717, 1.165) is 12.4 Å². The summed E-state index contributed by atoms with van der Waals surface area (Å²) in [4.78, 5) is 17.8. The number of hydrogen-bond acceptors (Lipinski definition) is 5. The summed E-state index contributed by atoms with van der Waals surface area (Å²) in [5.41, 5.74) is 0.614. The molecular formula is C17H17ClN4O3. The minimum absolute atomic E-state index is 0.0134. The second kappa shape index (κ2) is 6.98. The van der Waals surface area contributed by atoms with Gasteiger partial charge in [0.1, 0.15) is 5.82 Å². The van der Waals surface area contributed by atoms with Crippen LogP contribution in [0.25, 0.3) is 11.3 Å². The third-order valence-corrected chi connectivity index (χ3v) is 4.13. The summed E-state index contributed by atoms with van der Waals surface area (Å²) in [5.74, 6) is 0.164. The Bertz CT molecular complexity index is 886. The number of nitrogens with zero attached hydrogens (tertiary/aromatic N) is 4. The van der Waals surface area contributed by atoms with Crippen molar-refractivity contribution >= 4 is 23.4 Å². The number of aromatic carboxylic acids is 1. The van der Waals surface area contributed by atoms with Gasteiger partial charge in [-0.2, -0.15) is 0 Å². The lowest BCUT2D eigenvalue weighted by molar-refractivity contribution is 0.0698.